The van der Waals surface area contributed by atoms with E-state index in [4.69, 9.17) is 5.73 Å². The van der Waals surface area contributed by atoms with Crippen LogP contribution < -0.4 is 16.0 Å². The molecule has 28 heavy (non-hydrogen) atoms. The Morgan fingerprint density at radius 1 is 1.14 bits per heavy atom. The third-order valence-electron chi connectivity index (χ3n) is 4.63. The maximum absolute atomic E-state index is 13.4. The van der Waals surface area contributed by atoms with Crippen molar-refractivity contribution in [2.24, 2.45) is 5.73 Å². The molecule has 142 valence electrons. The number of urea groups is 1. The number of fused-ring (bicyclic) bond motifs is 1. The average molecular weight is 379 g/mol. The molecule has 1 aromatic heterocycles. The second-order valence-corrected chi connectivity index (χ2v) is 6.48. The minimum atomic E-state index is -0.648. The highest BCUT2D eigenvalue weighted by Gasteiger charge is 2.27. The number of amides is 3. The van der Waals surface area contributed by atoms with Gasteiger partial charge in [-0.1, -0.05) is 12.1 Å². The van der Waals surface area contributed by atoms with Gasteiger partial charge in [-0.25, -0.2) is 13.9 Å². The molecule has 2 aromatic carbocycles. The van der Waals surface area contributed by atoms with Crippen molar-refractivity contribution in [3.8, 4) is 5.69 Å². The summed E-state index contributed by atoms with van der Waals surface area (Å²) in [7, 11) is 0. The van der Waals surface area contributed by atoms with E-state index in [1.165, 1.54) is 16.8 Å². The Kier molecular flexibility index (Phi) is 4.52. The summed E-state index contributed by atoms with van der Waals surface area (Å²) in [4.78, 5) is 26.0. The number of nitrogens with zero attached hydrogens (tertiary/aromatic N) is 3. The second kappa shape index (κ2) is 7.15. The number of rotatable bonds is 3. The zero-order chi connectivity index (χ0) is 19.7. The smallest absolute Gasteiger partial charge is 0.316 e. The molecule has 0 saturated carbocycles. The molecular formula is C20H18FN5O2. The summed E-state index contributed by atoms with van der Waals surface area (Å²) in [5.41, 5.74) is 8.23. The topological polar surface area (TPSA) is 93.3 Å². The number of nitrogens with one attached hydrogen (secondary N) is 1. The Morgan fingerprint density at radius 2 is 1.96 bits per heavy atom. The van der Waals surface area contributed by atoms with Gasteiger partial charge in [0.05, 0.1) is 5.69 Å². The number of anilines is 2. The molecule has 0 unspecified atom stereocenters. The summed E-state index contributed by atoms with van der Waals surface area (Å²) in [5, 5.41) is 6.92. The van der Waals surface area contributed by atoms with Gasteiger partial charge < -0.3 is 16.0 Å². The number of hydrogen-bond acceptors (Lipinski definition) is 3. The molecule has 0 bridgehead atoms. The van der Waals surface area contributed by atoms with Crippen LogP contribution in [0.2, 0.25) is 0 Å². The van der Waals surface area contributed by atoms with E-state index in [0.717, 1.165) is 24.1 Å². The largest absolute Gasteiger partial charge is 0.351 e. The summed E-state index contributed by atoms with van der Waals surface area (Å²) in [5.74, 6) is -0.632. The zero-order valence-corrected chi connectivity index (χ0v) is 14.9. The maximum Gasteiger partial charge on any atom is 0.316 e. The molecule has 0 saturated heterocycles. The number of halogens is 1. The van der Waals surface area contributed by atoms with E-state index in [-0.39, 0.29) is 17.4 Å². The fourth-order valence-electron chi connectivity index (χ4n) is 3.42. The van der Waals surface area contributed by atoms with E-state index in [2.05, 4.69) is 10.4 Å². The number of nitrogens with two attached hydrogens (primary N) is 1. The SMILES string of the molecule is NC(=O)Nc1cccc2c1CCCN2C(=O)c1ccn(-c2cccc(F)c2)n1. The molecule has 1 aliphatic rings. The van der Waals surface area contributed by atoms with Crippen LogP contribution in [0.3, 0.4) is 0 Å². The molecular weight excluding hydrogens is 361 g/mol. The Hall–Kier alpha value is -3.68. The first-order chi connectivity index (χ1) is 13.5. The van der Waals surface area contributed by atoms with E-state index < -0.39 is 6.03 Å². The first-order valence-electron chi connectivity index (χ1n) is 8.85. The van der Waals surface area contributed by atoms with E-state index in [1.54, 1.807) is 41.4 Å². The van der Waals surface area contributed by atoms with E-state index in [9.17, 15) is 14.0 Å². The number of hydrogen-bond donors (Lipinski definition) is 2. The number of primary amides is 1. The predicted octanol–water partition coefficient (Wildman–Crippen LogP) is 3.10. The van der Waals surface area contributed by atoms with Gasteiger partial charge in [0.1, 0.15) is 5.82 Å². The molecule has 4 rings (SSSR count). The van der Waals surface area contributed by atoms with Crippen LogP contribution in [-0.2, 0) is 6.42 Å². The Bertz CT molecular complexity index is 1060. The Labute approximate surface area is 160 Å². The lowest BCUT2D eigenvalue weighted by Crippen LogP contribution is -2.36. The van der Waals surface area contributed by atoms with Crippen molar-refractivity contribution in [3.05, 3.63) is 71.8 Å². The molecule has 2 heterocycles. The van der Waals surface area contributed by atoms with Gasteiger partial charge in [0.15, 0.2) is 5.69 Å². The summed E-state index contributed by atoms with van der Waals surface area (Å²) < 4.78 is 14.9. The highest BCUT2D eigenvalue weighted by atomic mass is 19.1. The van der Waals surface area contributed by atoms with Crippen LogP contribution in [0.25, 0.3) is 5.69 Å². The molecule has 7 nitrogen and oxygen atoms in total. The molecule has 1 aliphatic heterocycles. The normalized spacial score (nSPS) is 13.1. The first kappa shape index (κ1) is 17.7. The molecule has 8 heteroatoms. The standard InChI is InChI=1S/C20H18FN5O2/c21-13-4-1-5-14(12-13)26-11-9-17(24-26)19(27)25-10-3-6-15-16(23-20(22)28)7-2-8-18(15)25/h1-2,4-5,7-9,11-12H,3,6,10H2,(H3,22,23,28). The van der Waals surface area contributed by atoms with Gasteiger partial charge in [-0.3, -0.25) is 4.79 Å². The van der Waals surface area contributed by atoms with Crippen LogP contribution in [0, 0.1) is 5.82 Å². The summed E-state index contributed by atoms with van der Waals surface area (Å²) in [6.45, 7) is 0.540. The molecule has 0 spiro atoms. The number of benzene rings is 2. The molecule has 3 amide bonds. The van der Waals surface area contributed by atoms with Crippen molar-refractivity contribution in [2.45, 2.75) is 12.8 Å². The summed E-state index contributed by atoms with van der Waals surface area (Å²) in [6, 6.07) is 12.3. The van der Waals surface area contributed by atoms with Crippen LogP contribution in [0.1, 0.15) is 22.5 Å². The quantitative estimate of drug-likeness (QED) is 0.732. The van der Waals surface area contributed by atoms with Gasteiger partial charge in [-0.2, -0.15) is 5.10 Å². The molecule has 3 aromatic rings. The van der Waals surface area contributed by atoms with Gasteiger partial charge in [-0.05, 0) is 54.8 Å². The van der Waals surface area contributed by atoms with Crippen molar-refractivity contribution in [1.82, 2.24) is 9.78 Å². The van der Waals surface area contributed by atoms with Crippen molar-refractivity contribution in [2.75, 3.05) is 16.8 Å². The van der Waals surface area contributed by atoms with Crippen LogP contribution in [0.15, 0.2) is 54.7 Å². The highest BCUT2D eigenvalue weighted by molar-refractivity contribution is 6.06. The third kappa shape index (κ3) is 3.32. The summed E-state index contributed by atoms with van der Waals surface area (Å²) in [6.07, 6.45) is 3.10. The fourth-order valence-corrected chi connectivity index (χ4v) is 3.42. The second-order valence-electron chi connectivity index (χ2n) is 6.48. The lowest BCUT2D eigenvalue weighted by molar-refractivity contribution is 0.0980. The molecule has 0 radical (unpaired) electrons. The van der Waals surface area contributed by atoms with Crippen molar-refractivity contribution < 1.29 is 14.0 Å². The number of carbonyl (C=O) groups excluding carboxylic acids is 2. The predicted molar refractivity (Wildman–Crippen MR) is 103 cm³/mol. The zero-order valence-electron chi connectivity index (χ0n) is 14.9. The Morgan fingerprint density at radius 3 is 2.75 bits per heavy atom. The monoisotopic (exact) mass is 379 g/mol. The fraction of sp³-hybridized carbons (Fsp3) is 0.150. The molecule has 0 aliphatic carbocycles. The van der Waals surface area contributed by atoms with Crippen LogP contribution in [0.5, 0.6) is 0 Å². The number of carbonyl (C=O) groups is 2. The maximum atomic E-state index is 13.4. The van der Waals surface area contributed by atoms with Gasteiger partial charge >= 0.3 is 6.03 Å². The third-order valence-corrected chi connectivity index (χ3v) is 4.63. The van der Waals surface area contributed by atoms with E-state index >= 15 is 0 Å². The molecule has 0 atom stereocenters. The van der Waals surface area contributed by atoms with Gasteiger partial charge in [0, 0.05) is 24.1 Å². The first-order valence-corrected chi connectivity index (χ1v) is 8.85. The minimum absolute atomic E-state index is 0.255. The lowest BCUT2D eigenvalue weighted by Gasteiger charge is -2.30. The van der Waals surface area contributed by atoms with Crippen LogP contribution in [0.4, 0.5) is 20.6 Å². The van der Waals surface area contributed by atoms with E-state index in [0.29, 0.717) is 17.9 Å². The van der Waals surface area contributed by atoms with Crippen molar-refractivity contribution in [1.29, 1.82) is 0 Å². The summed E-state index contributed by atoms with van der Waals surface area (Å²) >= 11 is 0. The lowest BCUT2D eigenvalue weighted by atomic mass is 9.99. The molecule has 3 N–H and O–H groups in total. The van der Waals surface area contributed by atoms with Gasteiger partial charge in [0.25, 0.3) is 5.91 Å². The van der Waals surface area contributed by atoms with Crippen LogP contribution in [-0.4, -0.2) is 28.3 Å². The van der Waals surface area contributed by atoms with Crippen molar-refractivity contribution >= 4 is 23.3 Å². The molecule has 0 fully saturated rings. The van der Waals surface area contributed by atoms with Crippen LogP contribution >= 0.6 is 0 Å². The Balaban J connectivity index is 1.65. The average Bonchev–Trinajstić information content (AvgIpc) is 3.17. The van der Waals surface area contributed by atoms with Crippen molar-refractivity contribution in [3.63, 3.8) is 0 Å². The van der Waals surface area contributed by atoms with Gasteiger partial charge in [-0.15, -0.1) is 0 Å². The highest BCUT2D eigenvalue weighted by Crippen LogP contribution is 2.33. The number of aromatic nitrogens is 2. The minimum Gasteiger partial charge on any atom is -0.351 e. The van der Waals surface area contributed by atoms with E-state index in [1.807, 2.05) is 6.07 Å². The van der Waals surface area contributed by atoms with Gasteiger partial charge in [0.2, 0.25) is 0 Å².